The second-order valence-electron chi connectivity index (χ2n) is 7.47. The van der Waals surface area contributed by atoms with E-state index in [0.29, 0.717) is 28.1 Å². The van der Waals surface area contributed by atoms with Crippen molar-refractivity contribution >= 4 is 40.9 Å². The van der Waals surface area contributed by atoms with Crippen LogP contribution in [-0.4, -0.2) is 32.3 Å². The van der Waals surface area contributed by atoms with E-state index in [9.17, 15) is 9.59 Å². The summed E-state index contributed by atoms with van der Waals surface area (Å²) < 4.78 is 1.90. The smallest absolute Gasteiger partial charge is 0.253 e. The predicted molar refractivity (Wildman–Crippen MR) is 128 cm³/mol. The molecule has 0 radical (unpaired) electrons. The third kappa shape index (κ3) is 5.89. The highest BCUT2D eigenvalue weighted by Crippen LogP contribution is 2.22. The predicted octanol–water partition coefficient (Wildman–Crippen LogP) is 4.79. The van der Waals surface area contributed by atoms with Crippen molar-refractivity contribution in [3.05, 3.63) is 70.0 Å². The molecule has 32 heavy (non-hydrogen) atoms. The van der Waals surface area contributed by atoms with Crippen molar-refractivity contribution in [3.8, 4) is 0 Å². The number of aromatic nitrogens is 3. The van der Waals surface area contributed by atoms with Gasteiger partial charge >= 0.3 is 0 Å². The number of nitrogens with one attached hydrogen (secondary N) is 2. The van der Waals surface area contributed by atoms with Crippen LogP contribution in [0.2, 0.25) is 5.02 Å². The number of halogens is 1. The van der Waals surface area contributed by atoms with Crippen LogP contribution < -0.4 is 10.6 Å². The van der Waals surface area contributed by atoms with Crippen LogP contribution in [0.15, 0.2) is 47.6 Å². The molecule has 0 aliphatic heterocycles. The van der Waals surface area contributed by atoms with E-state index in [-0.39, 0.29) is 23.6 Å². The second kappa shape index (κ2) is 10.7. The van der Waals surface area contributed by atoms with E-state index in [2.05, 4.69) is 26.9 Å². The standard InChI is InChI=1S/C23H26ClN5O2S/c1-5-29-21(16(4)25-22(31)18-8-6-7-9-19(18)24)27-28-23(29)32-13-20(30)26-17-11-14(2)10-15(3)12-17/h6-12,16H,5,13H2,1-4H3,(H,25,31)(H,26,30). The summed E-state index contributed by atoms with van der Waals surface area (Å²) in [6.45, 7) is 8.40. The largest absolute Gasteiger partial charge is 0.342 e. The van der Waals surface area contributed by atoms with Crippen molar-refractivity contribution in [2.45, 2.75) is 45.4 Å². The first-order valence-corrected chi connectivity index (χ1v) is 11.6. The summed E-state index contributed by atoms with van der Waals surface area (Å²) in [5.74, 6) is 0.416. The van der Waals surface area contributed by atoms with E-state index in [0.717, 1.165) is 16.8 Å². The van der Waals surface area contributed by atoms with Crippen molar-refractivity contribution in [2.24, 2.45) is 0 Å². The molecule has 2 aromatic carbocycles. The minimum absolute atomic E-state index is 0.118. The van der Waals surface area contributed by atoms with Crippen LogP contribution in [0.25, 0.3) is 0 Å². The molecule has 2 amide bonds. The van der Waals surface area contributed by atoms with Gasteiger partial charge in [0.2, 0.25) is 5.91 Å². The van der Waals surface area contributed by atoms with Gasteiger partial charge < -0.3 is 15.2 Å². The van der Waals surface area contributed by atoms with E-state index in [1.807, 2.05) is 44.4 Å². The lowest BCUT2D eigenvalue weighted by molar-refractivity contribution is -0.113. The molecule has 0 saturated heterocycles. The normalized spacial score (nSPS) is 11.8. The van der Waals surface area contributed by atoms with Crippen LogP contribution >= 0.6 is 23.4 Å². The summed E-state index contributed by atoms with van der Waals surface area (Å²) in [6, 6.07) is 12.4. The maximum atomic E-state index is 12.6. The number of amides is 2. The molecule has 0 bridgehead atoms. The SMILES string of the molecule is CCn1c(SCC(=O)Nc2cc(C)cc(C)c2)nnc1C(C)NC(=O)c1ccccc1Cl. The molecule has 3 rings (SSSR count). The Morgan fingerprint density at radius 1 is 1.12 bits per heavy atom. The fourth-order valence-corrected chi connectivity index (χ4v) is 4.41. The van der Waals surface area contributed by atoms with Gasteiger partial charge in [0.1, 0.15) is 0 Å². The average Bonchev–Trinajstić information content (AvgIpc) is 3.14. The summed E-state index contributed by atoms with van der Waals surface area (Å²) in [6.07, 6.45) is 0. The molecule has 3 aromatic rings. The summed E-state index contributed by atoms with van der Waals surface area (Å²) in [4.78, 5) is 25.0. The third-order valence-electron chi connectivity index (χ3n) is 4.75. The fraction of sp³-hybridized carbons (Fsp3) is 0.304. The molecule has 1 aromatic heterocycles. The first-order valence-electron chi connectivity index (χ1n) is 10.3. The van der Waals surface area contributed by atoms with Gasteiger partial charge in [-0.3, -0.25) is 9.59 Å². The zero-order valence-corrected chi connectivity index (χ0v) is 20.0. The molecule has 7 nitrogen and oxygen atoms in total. The quantitative estimate of drug-likeness (QED) is 0.461. The van der Waals surface area contributed by atoms with E-state index >= 15 is 0 Å². The lowest BCUT2D eigenvalue weighted by Crippen LogP contribution is -2.29. The molecule has 0 aliphatic rings. The number of anilines is 1. The van der Waals surface area contributed by atoms with Gasteiger partial charge in [-0.25, -0.2) is 0 Å². The lowest BCUT2D eigenvalue weighted by Gasteiger charge is -2.15. The van der Waals surface area contributed by atoms with Crippen molar-refractivity contribution in [3.63, 3.8) is 0 Å². The first kappa shape index (κ1) is 23.8. The van der Waals surface area contributed by atoms with Gasteiger partial charge in [0.25, 0.3) is 5.91 Å². The fourth-order valence-electron chi connectivity index (χ4n) is 3.38. The van der Waals surface area contributed by atoms with Crippen LogP contribution in [0.4, 0.5) is 5.69 Å². The number of nitrogens with zero attached hydrogens (tertiary/aromatic N) is 3. The minimum atomic E-state index is -0.385. The van der Waals surface area contributed by atoms with E-state index in [4.69, 9.17) is 11.6 Å². The highest BCUT2D eigenvalue weighted by molar-refractivity contribution is 7.99. The first-order chi connectivity index (χ1) is 15.3. The number of benzene rings is 2. The monoisotopic (exact) mass is 471 g/mol. The third-order valence-corrected chi connectivity index (χ3v) is 6.05. The number of thioether (sulfide) groups is 1. The Morgan fingerprint density at radius 3 is 2.47 bits per heavy atom. The van der Waals surface area contributed by atoms with Crippen LogP contribution in [0.3, 0.4) is 0 Å². The zero-order chi connectivity index (χ0) is 23.3. The van der Waals surface area contributed by atoms with E-state index < -0.39 is 0 Å². The average molecular weight is 472 g/mol. The molecule has 1 heterocycles. The van der Waals surface area contributed by atoms with E-state index in [1.165, 1.54) is 11.8 Å². The zero-order valence-electron chi connectivity index (χ0n) is 18.5. The Balaban J connectivity index is 1.64. The Kier molecular flexibility index (Phi) is 7.93. The highest BCUT2D eigenvalue weighted by Gasteiger charge is 2.21. The Labute approximate surface area is 197 Å². The Bertz CT molecular complexity index is 1110. The number of hydrogen-bond donors (Lipinski definition) is 2. The Morgan fingerprint density at radius 2 is 1.81 bits per heavy atom. The van der Waals surface area contributed by atoms with Gasteiger partial charge in [0.05, 0.1) is 22.4 Å². The number of carbonyl (C=O) groups excluding carboxylic acids is 2. The van der Waals surface area contributed by atoms with Crippen molar-refractivity contribution in [2.75, 3.05) is 11.1 Å². The summed E-state index contributed by atoms with van der Waals surface area (Å²) in [7, 11) is 0. The molecule has 0 fully saturated rings. The van der Waals surface area contributed by atoms with Crippen LogP contribution in [0.1, 0.15) is 47.2 Å². The number of carbonyl (C=O) groups is 2. The van der Waals surface area contributed by atoms with Crippen LogP contribution in [0, 0.1) is 13.8 Å². The molecular weight excluding hydrogens is 446 g/mol. The molecule has 2 N–H and O–H groups in total. The van der Waals surface area contributed by atoms with Crippen molar-refractivity contribution in [1.29, 1.82) is 0 Å². The van der Waals surface area contributed by atoms with Gasteiger partial charge in [0, 0.05) is 12.2 Å². The Hall–Kier alpha value is -2.84. The second-order valence-corrected chi connectivity index (χ2v) is 8.82. The highest BCUT2D eigenvalue weighted by atomic mass is 35.5. The maximum absolute atomic E-state index is 12.6. The molecule has 0 saturated carbocycles. The van der Waals surface area contributed by atoms with Gasteiger partial charge in [-0.05, 0) is 63.1 Å². The van der Waals surface area contributed by atoms with Crippen LogP contribution in [-0.2, 0) is 11.3 Å². The molecule has 9 heteroatoms. The van der Waals surface area contributed by atoms with Gasteiger partial charge in [-0.2, -0.15) is 0 Å². The molecule has 0 aliphatic carbocycles. The minimum Gasteiger partial charge on any atom is -0.342 e. The molecule has 0 spiro atoms. The number of rotatable bonds is 8. The summed E-state index contributed by atoms with van der Waals surface area (Å²) >= 11 is 7.43. The van der Waals surface area contributed by atoms with Gasteiger partial charge in [0.15, 0.2) is 11.0 Å². The van der Waals surface area contributed by atoms with Gasteiger partial charge in [-0.1, -0.05) is 41.6 Å². The van der Waals surface area contributed by atoms with Gasteiger partial charge in [-0.15, -0.1) is 10.2 Å². The van der Waals surface area contributed by atoms with Crippen molar-refractivity contribution < 1.29 is 9.59 Å². The topological polar surface area (TPSA) is 88.9 Å². The summed E-state index contributed by atoms with van der Waals surface area (Å²) in [5.41, 5.74) is 3.37. The summed E-state index contributed by atoms with van der Waals surface area (Å²) in [5, 5.41) is 15.3. The number of hydrogen-bond acceptors (Lipinski definition) is 5. The molecular formula is C23H26ClN5O2S. The maximum Gasteiger partial charge on any atom is 0.253 e. The number of aryl methyl sites for hydroxylation is 2. The van der Waals surface area contributed by atoms with Crippen molar-refractivity contribution in [1.82, 2.24) is 20.1 Å². The van der Waals surface area contributed by atoms with Crippen LogP contribution in [0.5, 0.6) is 0 Å². The molecule has 1 atom stereocenters. The van der Waals surface area contributed by atoms with E-state index in [1.54, 1.807) is 24.3 Å². The molecule has 168 valence electrons. The lowest BCUT2D eigenvalue weighted by atomic mass is 10.1. The molecule has 1 unspecified atom stereocenters.